The van der Waals surface area contributed by atoms with Crippen molar-refractivity contribution in [3.63, 3.8) is 0 Å². The van der Waals surface area contributed by atoms with Gasteiger partial charge in [0.2, 0.25) is 0 Å². The number of hydrogen-bond donors (Lipinski definition) is 1. The number of benzene rings is 1. The number of aromatic amines is 1. The van der Waals surface area contributed by atoms with E-state index >= 15 is 0 Å². The summed E-state index contributed by atoms with van der Waals surface area (Å²) in [6.07, 6.45) is 2.89. The molecule has 0 bridgehead atoms. The number of hydrogen-bond acceptors (Lipinski definition) is 2. The Morgan fingerprint density at radius 2 is 1.85 bits per heavy atom. The Labute approximate surface area is 111 Å². The zero-order valence-corrected chi connectivity index (χ0v) is 9.95. The molecule has 0 saturated carbocycles. The van der Waals surface area contributed by atoms with Crippen molar-refractivity contribution in [3.05, 3.63) is 65.2 Å². The van der Waals surface area contributed by atoms with Crippen LogP contribution in [0.3, 0.4) is 0 Å². The van der Waals surface area contributed by atoms with E-state index in [2.05, 4.69) is 9.97 Å². The summed E-state index contributed by atoms with van der Waals surface area (Å²) >= 11 is 0. The average Bonchev–Trinajstić information content (AvgIpc) is 2.88. The van der Waals surface area contributed by atoms with Gasteiger partial charge in [0.15, 0.2) is 23.2 Å². The quantitative estimate of drug-likeness (QED) is 0.577. The minimum Gasteiger partial charge on any atom is -0.345 e. The number of H-pyrrole nitrogens is 1. The summed E-state index contributed by atoms with van der Waals surface area (Å²) in [5.74, 6) is -5.22. The van der Waals surface area contributed by atoms with Gasteiger partial charge < -0.3 is 4.98 Å². The molecule has 0 aliphatic heterocycles. The second-order valence-electron chi connectivity index (χ2n) is 4.15. The number of rotatable bonds is 2. The Hall–Kier alpha value is -2.63. The Balaban J connectivity index is 2.16. The van der Waals surface area contributed by atoms with Gasteiger partial charge in [0.05, 0.1) is 5.56 Å². The van der Waals surface area contributed by atoms with Crippen LogP contribution in [-0.2, 0) is 0 Å². The fourth-order valence-electron chi connectivity index (χ4n) is 1.99. The molecule has 0 aliphatic rings. The molecule has 0 saturated heterocycles. The normalized spacial score (nSPS) is 10.9. The second kappa shape index (κ2) is 4.48. The van der Waals surface area contributed by atoms with Crippen molar-refractivity contribution in [2.75, 3.05) is 0 Å². The molecule has 0 amide bonds. The summed E-state index contributed by atoms with van der Waals surface area (Å²) in [7, 11) is 0. The first-order chi connectivity index (χ1) is 9.59. The Kier molecular flexibility index (Phi) is 2.78. The van der Waals surface area contributed by atoms with E-state index in [1.807, 2.05) is 0 Å². The van der Waals surface area contributed by atoms with Gasteiger partial charge in [0.1, 0.15) is 5.65 Å². The zero-order chi connectivity index (χ0) is 14.3. The summed E-state index contributed by atoms with van der Waals surface area (Å²) in [5, 5.41) is 0.488. The predicted molar refractivity (Wildman–Crippen MR) is 65.8 cm³/mol. The summed E-state index contributed by atoms with van der Waals surface area (Å²) in [5.41, 5.74) is 0.0884. The van der Waals surface area contributed by atoms with Crippen molar-refractivity contribution >= 4 is 16.8 Å². The maximum absolute atomic E-state index is 13.6. The van der Waals surface area contributed by atoms with E-state index < -0.39 is 28.8 Å². The molecule has 2 heterocycles. The van der Waals surface area contributed by atoms with Crippen LogP contribution in [0.5, 0.6) is 0 Å². The third-order valence-corrected chi connectivity index (χ3v) is 2.98. The maximum Gasteiger partial charge on any atom is 0.198 e. The Morgan fingerprint density at radius 3 is 2.65 bits per heavy atom. The monoisotopic (exact) mass is 276 g/mol. The lowest BCUT2D eigenvalue weighted by Gasteiger charge is -2.03. The molecule has 100 valence electrons. The average molecular weight is 276 g/mol. The van der Waals surface area contributed by atoms with Crippen LogP contribution in [0.2, 0.25) is 0 Å². The third-order valence-electron chi connectivity index (χ3n) is 2.98. The van der Waals surface area contributed by atoms with Crippen molar-refractivity contribution in [1.82, 2.24) is 9.97 Å². The lowest BCUT2D eigenvalue weighted by atomic mass is 10.0. The van der Waals surface area contributed by atoms with E-state index in [-0.39, 0.29) is 5.56 Å². The number of pyridine rings is 1. The Morgan fingerprint density at radius 1 is 1.05 bits per heavy atom. The molecule has 0 aliphatic carbocycles. The summed E-state index contributed by atoms with van der Waals surface area (Å²) < 4.78 is 39.7. The van der Waals surface area contributed by atoms with Gasteiger partial charge in [-0.3, -0.25) is 4.79 Å². The zero-order valence-electron chi connectivity index (χ0n) is 9.95. The van der Waals surface area contributed by atoms with Gasteiger partial charge in [-0.15, -0.1) is 0 Å². The third kappa shape index (κ3) is 1.77. The number of halogens is 3. The SMILES string of the molecule is O=C(c1ccc(F)c(F)c1F)c1c[nH]c2ncccc12. The molecule has 0 spiro atoms. The molecule has 0 atom stereocenters. The van der Waals surface area contributed by atoms with Crippen LogP contribution in [0, 0.1) is 17.5 Å². The Bertz CT molecular complexity index is 826. The van der Waals surface area contributed by atoms with Crippen LogP contribution in [0.25, 0.3) is 11.0 Å². The number of ketones is 1. The lowest BCUT2D eigenvalue weighted by Crippen LogP contribution is -2.06. The van der Waals surface area contributed by atoms with Crippen LogP contribution in [0.15, 0.2) is 36.7 Å². The molecule has 2 aromatic heterocycles. The standard InChI is InChI=1S/C14H7F3N2O/c15-10-4-3-8(11(16)12(10)17)13(20)9-6-19-14-7(9)2-1-5-18-14/h1-6H,(H,18,19). The molecule has 1 N–H and O–H groups in total. The number of nitrogens with one attached hydrogen (secondary N) is 1. The molecular formula is C14H7F3N2O. The highest BCUT2D eigenvalue weighted by atomic mass is 19.2. The van der Waals surface area contributed by atoms with E-state index in [0.29, 0.717) is 11.0 Å². The minimum absolute atomic E-state index is 0.151. The van der Waals surface area contributed by atoms with Crippen LogP contribution in [-0.4, -0.2) is 15.8 Å². The van der Waals surface area contributed by atoms with Crippen LogP contribution in [0.1, 0.15) is 15.9 Å². The molecule has 6 heteroatoms. The van der Waals surface area contributed by atoms with Crippen LogP contribution < -0.4 is 0 Å². The molecule has 0 radical (unpaired) electrons. The van der Waals surface area contributed by atoms with Gasteiger partial charge in [0, 0.05) is 23.3 Å². The first kappa shape index (κ1) is 12.4. The molecule has 1 aromatic carbocycles. The van der Waals surface area contributed by atoms with Gasteiger partial charge in [-0.2, -0.15) is 0 Å². The first-order valence-electron chi connectivity index (χ1n) is 5.70. The number of fused-ring (bicyclic) bond motifs is 1. The number of carbonyl (C=O) groups is 1. The van der Waals surface area contributed by atoms with Gasteiger partial charge in [-0.1, -0.05) is 0 Å². The van der Waals surface area contributed by atoms with Crippen molar-refractivity contribution in [1.29, 1.82) is 0 Å². The molecular weight excluding hydrogens is 269 g/mol. The second-order valence-corrected chi connectivity index (χ2v) is 4.15. The largest absolute Gasteiger partial charge is 0.345 e. The van der Waals surface area contributed by atoms with Gasteiger partial charge in [-0.05, 0) is 24.3 Å². The van der Waals surface area contributed by atoms with Crippen molar-refractivity contribution in [2.45, 2.75) is 0 Å². The van der Waals surface area contributed by atoms with E-state index in [0.717, 1.165) is 12.1 Å². The van der Waals surface area contributed by atoms with E-state index in [1.54, 1.807) is 12.1 Å². The lowest BCUT2D eigenvalue weighted by molar-refractivity contribution is 0.103. The first-order valence-corrected chi connectivity index (χ1v) is 5.70. The van der Waals surface area contributed by atoms with Crippen molar-refractivity contribution < 1.29 is 18.0 Å². The van der Waals surface area contributed by atoms with E-state index in [9.17, 15) is 18.0 Å². The van der Waals surface area contributed by atoms with Crippen LogP contribution in [0.4, 0.5) is 13.2 Å². The number of nitrogens with zero attached hydrogens (tertiary/aromatic N) is 1. The highest BCUT2D eigenvalue weighted by Crippen LogP contribution is 2.22. The number of carbonyl (C=O) groups excluding carboxylic acids is 1. The fraction of sp³-hybridized carbons (Fsp3) is 0. The molecule has 20 heavy (non-hydrogen) atoms. The van der Waals surface area contributed by atoms with Crippen molar-refractivity contribution in [3.8, 4) is 0 Å². The molecule has 0 fully saturated rings. The predicted octanol–water partition coefficient (Wildman–Crippen LogP) is 3.21. The smallest absolute Gasteiger partial charge is 0.198 e. The highest BCUT2D eigenvalue weighted by molar-refractivity contribution is 6.16. The molecule has 3 nitrogen and oxygen atoms in total. The van der Waals surface area contributed by atoms with Crippen LogP contribution >= 0.6 is 0 Å². The molecule has 3 aromatic rings. The van der Waals surface area contributed by atoms with E-state index in [1.165, 1.54) is 12.4 Å². The minimum atomic E-state index is -1.66. The van der Waals surface area contributed by atoms with Gasteiger partial charge in [-0.25, -0.2) is 18.2 Å². The molecule has 3 rings (SSSR count). The van der Waals surface area contributed by atoms with Crippen molar-refractivity contribution in [2.24, 2.45) is 0 Å². The van der Waals surface area contributed by atoms with Gasteiger partial charge >= 0.3 is 0 Å². The summed E-state index contributed by atoms with van der Waals surface area (Å²) in [6, 6.07) is 4.89. The van der Waals surface area contributed by atoms with E-state index in [4.69, 9.17) is 0 Å². The fourth-order valence-corrected chi connectivity index (χ4v) is 1.99. The maximum atomic E-state index is 13.6. The topological polar surface area (TPSA) is 45.8 Å². The number of aromatic nitrogens is 2. The summed E-state index contributed by atoms with van der Waals surface area (Å²) in [6.45, 7) is 0. The highest BCUT2D eigenvalue weighted by Gasteiger charge is 2.22. The molecule has 0 unspecified atom stereocenters. The summed E-state index contributed by atoms with van der Waals surface area (Å²) in [4.78, 5) is 19.0. The van der Waals surface area contributed by atoms with Gasteiger partial charge in [0.25, 0.3) is 0 Å².